The number of nitrogens with one attached hydrogen (secondary N) is 2. The van der Waals surface area contributed by atoms with E-state index in [2.05, 4.69) is 10.3 Å². The highest BCUT2D eigenvalue weighted by molar-refractivity contribution is 5.92. The molecule has 3 aromatic rings. The number of hydrogen-bond donors (Lipinski definition) is 2. The molecular formula is C18H14F3N3O3. The van der Waals surface area contributed by atoms with Crippen LogP contribution in [0.15, 0.2) is 51.8 Å². The van der Waals surface area contributed by atoms with Crippen molar-refractivity contribution in [2.24, 2.45) is 0 Å². The van der Waals surface area contributed by atoms with Crippen LogP contribution in [0.2, 0.25) is 0 Å². The van der Waals surface area contributed by atoms with Gasteiger partial charge in [0, 0.05) is 11.8 Å². The smallest absolute Gasteiger partial charge is 0.417 e. The lowest BCUT2D eigenvalue weighted by molar-refractivity contribution is -0.137. The molecule has 1 amide bonds. The minimum Gasteiger partial charge on any atom is -0.441 e. The Bertz CT molecular complexity index is 1020. The van der Waals surface area contributed by atoms with Gasteiger partial charge >= 0.3 is 6.18 Å². The van der Waals surface area contributed by atoms with Crippen LogP contribution in [0.4, 0.5) is 18.9 Å². The van der Waals surface area contributed by atoms with Crippen molar-refractivity contribution >= 4 is 11.6 Å². The third-order valence-corrected chi connectivity index (χ3v) is 3.75. The highest BCUT2D eigenvalue weighted by Gasteiger charge is 2.31. The number of H-pyrrole nitrogens is 1. The Labute approximate surface area is 151 Å². The molecular weight excluding hydrogens is 363 g/mol. The molecule has 0 unspecified atom stereocenters. The van der Waals surface area contributed by atoms with Gasteiger partial charge in [0.25, 0.3) is 5.56 Å². The summed E-state index contributed by atoms with van der Waals surface area (Å²) in [5.41, 5.74) is -1.34. The maximum atomic E-state index is 12.7. The van der Waals surface area contributed by atoms with E-state index in [1.807, 2.05) is 11.1 Å². The van der Waals surface area contributed by atoms with Crippen molar-refractivity contribution in [2.75, 3.05) is 5.32 Å². The molecule has 0 saturated heterocycles. The molecule has 0 bridgehead atoms. The van der Waals surface area contributed by atoms with Crippen LogP contribution >= 0.6 is 0 Å². The van der Waals surface area contributed by atoms with E-state index in [9.17, 15) is 22.8 Å². The number of pyridine rings is 1. The maximum absolute atomic E-state index is 12.7. The lowest BCUT2D eigenvalue weighted by Crippen LogP contribution is -2.22. The van der Waals surface area contributed by atoms with Crippen LogP contribution in [0.5, 0.6) is 0 Å². The van der Waals surface area contributed by atoms with E-state index < -0.39 is 28.9 Å². The average molecular weight is 377 g/mol. The second-order valence-corrected chi connectivity index (χ2v) is 5.74. The Morgan fingerprint density at radius 3 is 2.63 bits per heavy atom. The van der Waals surface area contributed by atoms with Crippen molar-refractivity contribution in [2.45, 2.75) is 19.5 Å². The molecule has 2 N–H and O–H groups in total. The summed E-state index contributed by atoms with van der Waals surface area (Å²) in [5, 5.41) is 2.18. The molecule has 0 saturated carbocycles. The zero-order valence-electron chi connectivity index (χ0n) is 14.1. The van der Waals surface area contributed by atoms with E-state index in [0.717, 1.165) is 5.56 Å². The molecule has 0 radical (unpaired) electrons. The number of benzene rings is 1. The summed E-state index contributed by atoms with van der Waals surface area (Å²) in [6.45, 7) is 1.62. The molecule has 2 aromatic heterocycles. The van der Waals surface area contributed by atoms with Gasteiger partial charge in [0.2, 0.25) is 11.8 Å². The average Bonchev–Trinajstić information content (AvgIpc) is 2.97. The fourth-order valence-electron chi connectivity index (χ4n) is 2.38. The summed E-state index contributed by atoms with van der Waals surface area (Å²) in [5.74, 6) is 0.0469. The molecule has 1 aromatic carbocycles. The molecule has 0 aliphatic carbocycles. The van der Waals surface area contributed by atoms with Gasteiger partial charge in [-0.05, 0) is 25.1 Å². The van der Waals surface area contributed by atoms with Crippen molar-refractivity contribution in [3.05, 3.63) is 70.0 Å². The van der Waals surface area contributed by atoms with Crippen LogP contribution in [-0.2, 0) is 17.4 Å². The third kappa shape index (κ3) is 4.25. The summed E-state index contributed by atoms with van der Waals surface area (Å²) in [4.78, 5) is 30.0. The molecule has 6 nitrogen and oxygen atoms in total. The van der Waals surface area contributed by atoms with Gasteiger partial charge in [-0.1, -0.05) is 18.2 Å². The predicted molar refractivity (Wildman–Crippen MR) is 91.1 cm³/mol. The van der Waals surface area contributed by atoms with E-state index in [0.29, 0.717) is 29.6 Å². The number of aromatic amines is 1. The first kappa shape index (κ1) is 18.4. The van der Waals surface area contributed by atoms with Crippen LogP contribution in [-0.4, -0.2) is 15.9 Å². The molecule has 0 aliphatic heterocycles. The predicted octanol–water partition coefficient (Wildman–Crippen LogP) is 3.54. The van der Waals surface area contributed by atoms with Gasteiger partial charge in [0.05, 0.1) is 17.7 Å². The third-order valence-electron chi connectivity index (χ3n) is 3.75. The van der Waals surface area contributed by atoms with Gasteiger partial charge < -0.3 is 14.7 Å². The van der Waals surface area contributed by atoms with E-state index in [1.165, 1.54) is 0 Å². The van der Waals surface area contributed by atoms with Crippen LogP contribution in [0, 0.1) is 6.92 Å². The minimum atomic E-state index is -4.64. The number of halogens is 3. The number of anilines is 1. The number of amides is 1. The molecule has 27 heavy (non-hydrogen) atoms. The monoisotopic (exact) mass is 377 g/mol. The minimum absolute atomic E-state index is 0.252. The molecule has 0 spiro atoms. The second-order valence-electron chi connectivity index (χ2n) is 5.74. The number of rotatable bonds is 4. The number of carbonyl (C=O) groups excluding carboxylic acids is 1. The highest BCUT2D eigenvalue weighted by atomic mass is 19.4. The number of aromatic nitrogens is 2. The molecule has 2 heterocycles. The van der Waals surface area contributed by atoms with Gasteiger partial charge in [-0.3, -0.25) is 9.59 Å². The number of carbonyl (C=O) groups is 1. The standard InChI is InChI=1S/C18H14F3N3O3/c1-10-13(24-17(27-10)11-5-3-2-4-6-11)8-15(25)23-14-7-12(18(19,20)21)9-22-16(14)26/h2-7,9H,8H2,1H3,(H,22,26)(H,23,25). The zero-order chi connectivity index (χ0) is 19.6. The zero-order valence-corrected chi connectivity index (χ0v) is 14.1. The molecule has 0 fully saturated rings. The second kappa shape index (κ2) is 7.10. The van der Waals surface area contributed by atoms with Crippen molar-refractivity contribution in [3.8, 4) is 11.5 Å². The number of oxazole rings is 1. The van der Waals surface area contributed by atoms with Gasteiger partial charge in [-0.15, -0.1) is 0 Å². The quantitative estimate of drug-likeness (QED) is 0.728. The van der Waals surface area contributed by atoms with E-state index >= 15 is 0 Å². The SMILES string of the molecule is Cc1oc(-c2ccccc2)nc1CC(=O)Nc1cc(C(F)(F)F)c[nH]c1=O. The summed E-state index contributed by atoms with van der Waals surface area (Å²) in [7, 11) is 0. The van der Waals surface area contributed by atoms with Crippen molar-refractivity contribution in [1.29, 1.82) is 0 Å². The van der Waals surface area contributed by atoms with Gasteiger partial charge in [0.15, 0.2) is 0 Å². The Balaban J connectivity index is 1.77. The maximum Gasteiger partial charge on any atom is 0.417 e. The number of aryl methyl sites for hydroxylation is 1. The fraction of sp³-hybridized carbons (Fsp3) is 0.167. The topological polar surface area (TPSA) is 88.0 Å². The van der Waals surface area contributed by atoms with E-state index in [1.54, 1.807) is 31.2 Å². The summed E-state index contributed by atoms with van der Waals surface area (Å²) in [6.07, 6.45) is -4.35. The van der Waals surface area contributed by atoms with Crippen molar-refractivity contribution in [1.82, 2.24) is 9.97 Å². The fourth-order valence-corrected chi connectivity index (χ4v) is 2.38. The van der Waals surface area contributed by atoms with Crippen LogP contribution in [0.25, 0.3) is 11.5 Å². The summed E-state index contributed by atoms with van der Waals surface area (Å²) < 4.78 is 43.8. The van der Waals surface area contributed by atoms with Gasteiger partial charge in [-0.25, -0.2) is 4.98 Å². The largest absolute Gasteiger partial charge is 0.441 e. The van der Waals surface area contributed by atoms with E-state index in [-0.39, 0.29) is 6.42 Å². The Morgan fingerprint density at radius 2 is 1.96 bits per heavy atom. The van der Waals surface area contributed by atoms with E-state index in [4.69, 9.17) is 4.42 Å². The Hall–Kier alpha value is -3.36. The summed E-state index contributed by atoms with van der Waals surface area (Å²) in [6, 6.07) is 9.61. The first-order valence-corrected chi connectivity index (χ1v) is 7.85. The molecule has 3 rings (SSSR count). The lowest BCUT2D eigenvalue weighted by atomic mass is 10.2. The van der Waals surface area contributed by atoms with Crippen LogP contribution in [0.1, 0.15) is 17.0 Å². The first-order valence-electron chi connectivity index (χ1n) is 7.85. The summed E-state index contributed by atoms with van der Waals surface area (Å²) >= 11 is 0. The Kier molecular flexibility index (Phi) is 4.85. The number of alkyl halides is 3. The van der Waals surface area contributed by atoms with Crippen LogP contribution < -0.4 is 10.9 Å². The van der Waals surface area contributed by atoms with Crippen molar-refractivity contribution < 1.29 is 22.4 Å². The molecule has 0 atom stereocenters. The normalized spacial score (nSPS) is 11.4. The molecule has 9 heteroatoms. The number of hydrogen-bond acceptors (Lipinski definition) is 4. The highest BCUT2D eigenvalue weighted by Crippen LogP contribution is 2.29. The lowest BCUT2D eigenvalue weighted by Gasteiger charge is -2.08. The van der Waals surface area contributed by atoms with Crippen LogP contribution in [0.3, 0.4) is 0 Å². The Morgan fingerprint density at radius 1 is 1.26 bits per heavy atom. The van der Waals surface area contributed by atoms with Gasteiger partial charge in [0.1, 0.15) is 11.4 Å². The van der Waals surface area contributed by atoms with Crippen molar-refractivity contribution in [3.63, 3.8) is 0 Å². The van der Waals surface area contributed by atoms with Gasteiger partial charge in [-0.2, -0.15) is 13.2 Å². The molecule has 0 aliphatic rings. The first-order chi connectivity index (χ1) is 12.7. The molecule has 140 valence electrons. The number of nitrogens with zero attached hydrogens (tertiary/aromatic N) is 1.